The van der Waals surface area contributed by atoms with Crippen LogP contribution in [-0.4, -0.2) is 23.2 Å². The number of nitrogens with one attached hydrogen (secondary N) is 1. The van der Waals surface area contributed by atoms with Crippen LogP contribution in [0, 0.1) is 12.7 Å². The van der Waals surface area contributed by atoms with Gasteiger partial charge in [0, 0.05) is 16.9 Å². The smallest absolute Gasteiger partial charge is 0.277 e. The maximum atomic E-state index is 13.1. The van der Waals surface area contributed by atoms with E-state index >= 15 is 0 Å². The van der Waals surface area contributed by atoms with Crippen molar-refractivity contribution < 1.29 is 12.8 Å². The first kappa shape index (κ1) is 18.8. The Labute approximate surface area is 167 Å². The largest absolute Gasteiger partial charge is 0.298 e. The number of hydrogen-bond donors (Lipinski definition) is 1. The van der Waals surface area contributed by atoms with Gasteiger partial charge in [0.1, 0.15) is 5.82 Å². The zero-order chi connectivity index (χ0) is 20.4. The van der Waals surface area contributed by atoms with Gasteiger partial charge in [0.05, 0.1) is 0 Å². The monoisotopic (exact) mass is 408 g/mol. The van der Waals surface area contributed by atoms with Gasteiger partial charge < -0.3 is 0 Å². The molecular formula is C21H17FN4O2S. The first-order valence-corrected chi connectivity index (χ1v) is 10.3. The van der Waals surface area contributed by atoms with E-state index in [1.165, 1.54) is 28.8 Å². The molecule has 0 aliphatic rings. The molecule has 0 atom stereocenters. The lowest BCUT2D eigenvalue weighted by Gasteiger charge is -2.12. The van der Waals surface area contributed by atoms with Crippen LogP contribution in [0.15, 0.2) is 84.0 Å². The molecule has 0 amide bonds. The molecule has 29 heavy (non-hydrogen) atoms. The van der Waals surface area contributed by atoms with Gasteiger partial charge in [-0.3, -0.25) is 9.29 Å². The molecule has 4 rings (SSSR count). The predicted octanol–water partition coefficient (Wildman–Crippen LogP) is 4.18. The van der Waals surface area contributed by atoms with E-state index < -0.39 is 15.8 Å². The summed E-state index contributed by atoms with van der Waals surface area (Å²) < 4.78 is 43.2. The molecule has 1 heterocycles. The van der Waals surface area contributed by atoms with Crippen LogP contribution < -0.4 is 4.72 Å². The van der Waals surface area contributed by atoms with Crippen LogP contribution in [-0.2, 0) is 10.0 Å². The summed E-state index contributed by atoms with van der Waals surface area (Å²) in [6.45, 7) is 1.97. The van der Waals surface area contributed by atoms with Crippen molar-refractivity contribution in [1.82, 2.24) is 14.8 Å². The second-order valence-electron chi connectivity index (χ2n) is 6.46. The number of anilines is 1. The molecule has 0 saturated heterocycles. The molecule has 0 unspecified atom stereocenters. The summed E-state index contributed by atoms with van der Waals surface area (Å²) in [4.78, 5) is 0. The van der Waals surface area contributed by atoms with Crippen molar-refractivity contribution in [3.8, 4) is 17.1 Å². The minimum atomic E-state index is -4.08. The summed E-state index contributed by atoms with van der Waals surface area (Å²) in [5.74, 6) is -0.0576. The molecule has 146 valence electrons. The van der Waals surface area contributed by atoms with Crippen molar-refractivity contribution in [3.05, 3.63) is 90.2 Å². The average molecular weight is 408 g/mol. The lowest BCUT2D eigenvalue weighted by atomic mass is 10.1. The summed E-state index contributed by atoms with van der Waals surface area (Å²) >= 11 is 0. The number of hydrogen-bond acceptors (Lipinski definition) is 4. The number of rotatable bonds is 5. The van der Waals surface area contributed by atoms with Gasteiger partial charge in [0.25, 0.3) is 15.2 Å². The second-order valence-corrected chi connectivity index (χ2v) is 8.03. The maximum absolute atomic E-state index is 13.1. The molecule has 3 aromatic carbocycles. The molecule has 0 radical (unpaired) electrons. The quantitative estimate of drug-likeness (QED) is 0.537. The number of nitrogens with zero attached hydrogens (tertiary/aromatic N) is 3. The Morgan fingerprint density at radius 3 is 2.17 bits per heavy atom. The van der Waals surface area contributed by atoms with Crippen molar-refractivity contribution in [1.29, 1.82) is 0 Å². The van der Waals surface area contributed by atoms with E-state index in [9.17, 15) is 12.8 Å². The Kier molecular flexibility index (Phi) is 4.85. The Hall–Kier alpha value is -3.52. The van der Waals surface area contributed by atoms with Gasteiger partial charge in [-0.15, -0.1) is 10.2 Å². The van der Waals surface area contributed by atoms with E-state index in [0.717, 1.165) is 11.1 Å². The molecule has 0 spiro atoms. The molecule has 1 N–H and O–H groups in total. The van der Waals surface area contributed by atoms with Gasteiger partial charge in [0.15, 0.2) is 5.82 Å². The second kappa shape index (κ2) is 7.48. The van der Waals surface area contributed by atoms with E-state index in [1.54, 1.807) is 24.3 Å². The minimum absolute atomic E-state index is 0.228. The van der Waals surface area contributed by atoms with Crippen molar-refractivity contribution >= 4 is 15.7 Å². The third-order valence-corrected chi connectivity index (χ3v) is 5.54. The van der Waals surface area contributed by atoms with Crippen LogP contribution in [0.3, 0.4) is 0 Å². The third kappa shape index (κ3) is 3.88. The third-order valence-electron chi connectivity index (χ3n) is 4.29. The van der Waals surface area contributed by atoms with Crippen LogP contribution in [0.1, 0.15) is 5.56 Å². The van der Waals surface area contributed by atoms with Gasteiger partial charge in [-0.2, -0.15) is 8.42 Å². The number of sulfonamides is 1. The molecule has 8 heteroatoms. The number of aryl methyl sites for hydroxylation is 1. The molecule has 0 fully saturated rings. The van der Waals surface area contributed by atoms with Gasteiger partial charge in [-0.1, -0.05) is 48.0 Å². The van der Waals surface area contributed by atoms with Crippen LogP contribution >= 0.6 is 0 Å². The molecule has 0 bridgehead atoms. The molecular weight excluding hydrogens is 391 g/mol. The fourth-order valence-electron chi connectivity index (χ4n) is 2.86. The highest BCUT2D eigenvalue weighted by Gasteiger charge is 2.26. The van der Waals surface area contributed by atoms with E-state index in [1.807, 2.05) is 37.3 Å². The summed E-state index contributed by atoms with van der Waals surface area (Å²) in [6, 6.07) is 21.6. The number of para-hydroxylation sites is 1. The van der Waals surface area contributed by atoms with Crippen molar-refractivity contribution in [2.24, 2.45) is 0 Å². The molecule has 0 aliphatic heterocycles. The Bertz CT molecular complexity index is 1240. The Morgan fingerprint density at radius 2 is 1.52 bits per heavy atom. The average Bonchev–Trinajstić information content (AvgIpc) is 3.17. The van der Waals surface area contributed by atoms with Crippen molar-refractivity contribution in [3.63, 3.8) is 0 Å². The van der Waals surface area contributed by atoms with E-state index in [4.69, 9.17) is 0 Å². The van der Waals surface area contributed by atoms with Crippen molar-refractivity contribution in [2.45, 2.75) is 12.1 Å². The fraction of sp³-hybridized carbons (Fsp3) is 0.0476. The van der Waals surface area contributed by atoms with Gasteiger partial charge in [0.2, 0.25) is 0 Å². The van der Waals surface area contributed by atoms with Crippen LogP contribution in [0.5, 0.6) is 0 Å². The predicted molar refractivity (Wildman–Crippen MR) is 109 cm³/mol. The summed E-state index contributed by atoms with van der Waals surface area (Å²) in [5.41, 5.74) is 2.64. The SMILES string of the molecule is Cc1ccc(-c2nnc(S(=O)(=O)Nc3ccc(F)cc3)n2-c2ccccc2)cc1. The van der Waals surface area contributed by atoms with Crippen LogP contribution in [0.25, 0.3) is 17.1 Å². The van der Waals surface area contributed by atoms with Crippen LogP contribution in [0.4, 0.5) is 10.1 Å². The topological polar surface area (TPSA) is 76.9 Å². The number of aromatic nitrogens is 3. The summed E-state index contributed by atoms with van der Waals surface area (Å²) in [6.07, 6.45) is 0. The first-order valence-electron chi connectivity index (χ1n) is 8.80. The number of halogens is 1. The lowest BCUT2D eigenvalue weighted by Crippen LogP contribution is -2.18. The highest BCUT2D eigenvalue weighted by atomic mass is 32.2. The molecule has 0 saturated carbocycles. The Morgan fingerprint density at radius 1 is 0.862 bits per heavy atom. The molecule has 6 nitrogen and oxygen atoms in total. The highest BCUT2D eigenvalue weighted by molar-refractivity contribution is 7.92. The minimum Gasteiger partial charge on any atom is -0.277 e. The zero-order valence-corrected chi connectivity index (χ0v) is 16.3. The maximum Gasteiger partial charge on any atom is 0.298 e. The van der Waals surface area contributed by atoms with E-state index in [2.05, 4.69) is 14.9 Å². The van der Waals surface area contributed by atoms with Gasteiger partial charge in [-0.05, 0) is 43.3 Å². The van der Waals surface area contributed by atoms with Gasteiger partial charge in [-0.25, -0.2) is 4.39 Å². The molecule has 0 aliphatic carbocycles. The zero-order valence-electron chi connectivity index (χ0n) is 15.4. The first-order chi connectivity index (χ1) is 13.9. The van der Waals surface area contributed by atoms with E-state index in [0.29, 0.717) is 11.5 Å². The van der Waals surface area contributed by atoms with E-state index in [-0.39, 0.29) is 10.8 Å². The normalized spacial score (nSPS) is 11.4. The summed E-state index contributed by atoms with van der Waals surface area (Å²) in [5, 5.41) is 7.85. The Balaban J connectivity index is 1.85. The summed E-state index contributed by atoms with van der Waals surface area (Å²) in [7, 11) is -4.08. The standard InChI is InChI=1S/C21H17FN4O2S/c1-15-7-9-16(10-8-15)20-23-24-21(26(20)19-5-3-2-4-6-19)29(27,28)25-18-13-11-17(22)12-14-18/h2-14,25H,1H3. The molecule has 1 aromatic heterocycles. The highest BCUT2D eigenvalue weighted by Crippen LogP contribution is 2.26. The number of benzene rings is 3. The lowest BCUT2D eigenvalue weighted by molar-refractivity contribution is 0.588. The molecule has 4 aromatic rings. The van der Waals surface area contributed by atoms with Crippen molar-refractivity contribution in [2.75, 3.05) is 4.72 Å². The van der Waals surface area contributed by atoms with Crippen LogP contribution in [0.2, 0.25) is 0 Å². The van der Waals surface area contributed by atoms with Gasteiger partial charge >= 0.3 is 0 Å². The fourth-order valence-corrected chi connectivity index (χ4v) is 3.98.